The average Bonchev–Trinajstić information content (AvgIpc) is 2.91. The van der Waals surface area contributed by atoms with Gasteiger partial charge in [-0.25, -0.2) is 23.3 Å². The van der Waals surface area contributed by atoms with Crippen LogP contribution >= 0.6 is 0 Å². The molecule has 0 saturated heterocycles. The van der Waals surface area contributed by atoms with Crippen molar-refractivity contribution in [3.63, 3.8) is 0 Å². The van der Waals surface area contributed by atoms with Crippen molar-refractivity contribution in [3.8, 4) is 11.5 Å². The number of benzene rings is 2. The second kappa shape index (κ2) is 16.3. The number of anilines is 1. The van der Waals surface area contributed by atoms with E-state index < -0.39 is 40.0 Å². The molecule has 2 amide bonds. The van der Waals surface area contributed by atoms with Crippen LogP contribution in [0.4, 0.5) is 18.9 Å². The molecule has 2 rings (SSSR count). The number of hydrogen-bond acceptors (Lipinski definition) is 9. The molecule has 0 heterocycles. The minimum Gasteiger partial charge on any atom is -0.493 e. The molecule has 0 aliphatic carbocycles. The Kier molecular flexibility index (Phi) is 13.9. The molecule has 43 heavy (non-hydrogen) atoms. The highest BCUT2D eigenvalue weighted by Crippen LogP contribution is 2.27. The number of carboxylic acid groups (broad SMARTS) is 1. The Morgan fingerprint density at radius 3 is 2.19 bits per heavy atom. The summed E-state index contributed by atoms with van der Waals surface area (Å²) in [7, 11) is -0.968. The maximum Gasteiger partial charge on any atom is 0.490 e. The predicted molar refractivity (Wildman–Crippen MR) is 148 cm³/mol. The smallest absolute Gasteiger partial charge is 0.490 e. The number of aliphatic carboxylic acids is 1. The highest BCUT2D eigenvalue weighted by Gasteiger charge is 2.38. The van der Waals surface area contributed by atoms with Gasteiger partial charge in [0.1, 0.15) is 0 Å². The Hall–Kier alpha value is -4.42. The summed E-state index contributed by atoms with van der Waals surface area (Å²) in [5.41, 5.74) is 7.37. The Bertz CT molecular complexity index is 1430. The Morgan fingerprint density at radius 1 is 1.07 bits per heavy atom. The number of methoxy groups -OCH3 is 2. The number of carbonyl (C=O) groups excluding carboxylic acids is 2. The number of nitrogens with one attached hydrogen (secondary N) is 2. The summed E-state index contributed by atoms with van der Waals surface area (Å²) in [6.45, 7) is 3.62. The van der Waals surface area contributed by atoms with Crippen LogP contribution in [-0.2, 0) is 35.6 Å². The van der Waals surface area contributed by atoms with E-state index in [1.165, 1.54) is 32.4 Å². The molecule has 0 aliphatic heterocycles. The maximum atomic E-state index is 12.9. The van der Waals surface area contributed by atoms with E-state index in [0.29, 0.717) is 29.2 Å². The largest absolute Gasteiger partial charge is 0.493 e. The van der Waals surface area contributed by atoms with Crippen LogP contribution in [0.1, 0.15) is 18.1 Å². The molecule has 0 fully saturated rings. The molecule has 2 aromatic rings. The number of carboxylic acids is 1. The number of rotatable bonds is 11. The SMILES string of the molecule is CCOC[C@@H](N=C(N)NC(=O)Cc1ccc(OC)c(OC)c1)C(=O)Nc1cc(S(N)(=O)=O)ccc1C.O=C(O)C(F)(F)F. The number of guanidine groups is 1. The van der Waals surface area contributed by atoms with Gasteiger partial charge in [0, 0.05) is 12.3 Å². The molecule has 14 nitrogen and oxygen atoms in total. The topological polar surface area (TPSA) is 222 Å². The molecule has 1 atom stereocenters. The van der Waals surface area contributed by atoms with Gasteiger partial charge in [0.15, 0.2) is 23.5 Å². The molecular weight excluding hydrogens is 603 g/mol. The number of aryl methyl sites for hydroxylation is 1. The molecular formula is C25H32F3N5O9S. The lowest BCUT2D eigenvalue weighted by atomic mass is 10.1. The highest BCUT2D eigenvalue weighted by atomic mass is 32.2. The van der Waals surface area contributed by atoms with Crippen LogP contribution in [0.2, 0.25) is 0 Å². The van der Waals surface area contributed by atoms with Crippen molar-refractivity contribution in [2.75, 3.05) is 32.8 Å². The van der Waals surface area contributed by atoms with Crippen LogP contribution in [-0.4, -0.2) is 76.9 Å². The first-order valence-electron chi connectivity index (χ1n) is 12.1. The first kappa shape index (κ1) is 36.6. The lowest BCUT2D eigenvalue weighted by molar-refractivity contribution is -0.192. The minimum absolute atomic E-state index is 0.0293. The fourth-order valence-electron chi connectivity index (χ4n) is 3.09. The summed E-state index contributed by atoms with van der Waals surface area (Å²) in [5.74, 6) is -3.12. The average molecular weight is 636 g/mol. The monoisotopic (exact) mass is 635 g/mol. The van der Waals surface area contributed by atoms with Crippen LogP contribution in [0, 0.1) is 6.92 Å². The molecule has 0 spiro atoms. The quantitative estimate of drug-likeness (QED) is 0.176. The fraction of sp³-hybridized carbons (Fsp3) is 0.360. The number of nitrogens with zero attached hydrogens (tertiary/aromatic N) is 1. The van der Waals surface area contributed by atoms with Gasteiger partial charge in [0.25, 0.3) is 5.91 Å². The van der Waals surface area contributed by atoms with Gasteiger partial charge >= 0.3 is 12.1 Å². The standard InChI is InChI=1S/C23H31N5O7S.C2HF3O2/c1-5-35-13-18(22(30)26-17-12-16(36(25,31)32)8-6-14(17)2)27-23(24)28-21(29)11-15-7-9-19(33-3)20(10-15)34-4;3-2(4,5)1(6)7/h6-10,12,18H,5,11,13H2,1-4H3,(H,26,30)(H2,25,31,32)(H3,24,27,28,29);(H,6,7)/t18-;/m1./s1. The van der Waals surface area contributed by atoms with Gasteiger partial charge in [-0.05, 0) is 49.2 Å². The van der Waals surface area contributed by atoms with Crippen molar-refractivity contribution in [2.45, 2.75) is 37.4 Å². The highest BCUT2D eigenvalue weighted by molar-refractivity contribution is 7.89. The lowest BCUT2D eigenvalue weighted by Crippen LogP contribution is -2.41. The van der Waals surface area contributed by atoms with Gasteiger partial charge in [-0.2, -0.15) is 13.2 Å². The number of hydrogen-bond donors (Lipinski definition) is 5. The summed E-state index contributed by atoms with van der Waals surface area (Å²) in [6.07, 6.45) is -5.11. The molecule has 238 valence electrons. The predicted octanol–water partition coefficient (Wildman–Crippen LogP) is 1.31. The van der Waals surface area contributed by atoms with Crippen molar-refractivity contribution in [3.05, 3.63) is 47.5 Å². The van der Waals surface area contributed by atoms with Crippen molar-refractivity contribution < 1.29 is 55.3 Å². The second-order valence-corrected chi connectivity index (χ2v) is 9.98. The number of nitrogens with two attached hydrogens (primary N) is 2. The Balaban J connectivity index is 0.00000117. The van der Waals surface area contributed by atoms with Crippen LogP contribution in [0.25, 0.3) is 0 Å². The molecule has 18 heteroatoms. The van der Waals surface area contributed by atoms with Crippen LogP contribution in [0.3, 0.4) is 0 Å². The Labute approximate surface area is 245 Å². The summed E-state index contributed by atoms with van der Waals surface area (Å²) < 4.78 is 70.8. The first-order valence-corrected chi connectivity index (χ1v) is 13.6. The van der Waals surface area contributed by atoms with E-state index in [2.05, 4.69) is 15.6 Å². The van der Waals surface area contributed by atoms with Crippen LogP contribution in [0.15, 0.2) is 46.3 Å². The molecule has 0 radical (unpaired) electrons. The van der Waals surface area contributed by atoms with Crippen LogP contribution < -0.4 is 31.0 Å². The first-order chi connectivity index (χ1) is 19.9. The molecule has 0 bridgehead atoms. The molecule has 2 aromatic carbocycles. The molecule has 7 N–H and O–H groups in total. The third-order valence-corrected chi connectivity index (χ3v) is 6.11. The van der Waals surface area contributed by atoms with Gasteiger partial charge in [-0.3, -0.25) is 14.9 Å². The normalized spacial score (nSPS) is 12.3. The van der Waals surface area contributed by atoms with E-state index in [9.17, 15) is 31.2 Å². The number of alkyl halides is 3. The van der Waals surface area contributed by atoms with Gasteiger partial charge in [-0.1, -0.05) is 12.1 Å². The van der Waals surface area contributed by atoms with Crippen molar-refractivity contribution in [1.29, 1.82) is 0 Å². The second-order valence-electron chi connectivity index (χ2n) is 8.42. The van der Waals surface area contributed by atoms with Crippen molar-refractivity contribution in [2.24, 2.45) is 15.9 Å². The molecule has 0 aromatic heterocycles. The zero-order chi connectivity index (χ0) is 33.0. The molecule has 0 saturated carbocycles. The van der Waals surface area contributed by atoms with Gasteiger partial charge in [-0.15, -0.1) is 0 Å². The number of amides is 2. The summed E-state index contributed by atoms with van der Waals surface area (Å²) in [4.78, 5) is 38.2. The fourth-order valence-corrected chi connectivity index (χ4v) is 3.63. The van der Waals surface area contributed by atoms with Gasteiger partial charge < -0.3 is 30.4 Å². The number of aliphatic imine (C=N–C) groups is 1. The number of sulfonamides is 1. The number of halogens is 3. The Morgan fingerprint density at radius 2 is 1.67 bits per heavy atom. The van der Waals surface area contributed by atoms with Crippen LogP contribution in [0.5, 0.6) is 11.5 Å². The summed E-state index contributed by atoms with van der Waals surface area (Å²) in [5, 5.41) is 17.4. The number of carbonyl (C=O) groups is 3. The zero-order valence-electron chi connectivity index (χ0n) is 23.5. The molecule has 0 aliphatic rings. The number of primary sulfonamides is 1. The zero-order valence-corrected chi connectivity index (χ0v) is 24.3. The maximum absolute atomic E-state index is 12.9. The number of ether oxygens (including phenoxy) is 3. The summed E-state index contributed by atoms with van der Waals surface area (Å²) in [6, 6.07) is 8.02. The van der Waals surface area contributed by atoms with E-state index >= 15 is 0 Å². The lowest BCUT2D eigenvalue weighted by Gasteiger charge is -2.16. The summed E-state index contributed by atoms with van der Waals surface area (Å²) >= 11 is 0. The van der Waals surface area contributed by atoms with Gasteiger partial charge in [0.2, 0.25) is 15.9 Å². The van der Waals surface area contributed by atoms with Crippen molar-refractivity contribution >= 4 is 39.5 Å². The van der Waals surface area contributed by atoms with E-state index in [1.54, 1.807) is 32.0 Å². The van der Waals surface area contributed by atoms with Gasteiger partial charge in [0.05, 0.1) is 32.1 Å². The third kappa shape index (κ3) is 12.5. The third-order valence-electron chi connectivity index (χ3n) is 5.20. The van der Waals surface area contributed by atoms with E-state index in [0.717, 1.165) is 0 Å². The van der Waals surface area contributed by atoms with E-state index in [-0.39, 0.29) is 29.6 Å². The van der Waals surface area contributed by atoms with E-state index in [1.807, 2.05) is 0 Å². The molecule has 0 unspecified atom stereocenters. The van der Waals surface area contributed by atoms with E-state index in [4.69, 9.17) is 35.0 Å². The van der Waals surface area contributed by atoms with Crippen molar-refractivity contribution in [1.82, 2.24) is 5.32 Å². The minimum atomic E-state index is -5.08.